The second-order valence-corrected chi connectivity index (χ2v) is 7.50. The third-order valence-electron chi connectivity index (χ3n) is 5.17. The van der Waals surface area contributed by atoms with Crippen LogP contribution < -0.4 is 5.73 Å². The van der Waals surface area contributed by atoms with Gasteiger partial charge >= 0.3 is 0 Å². The van der Waals surface area contributed by atoms with Gasteiger partial charge in [-0.25, -0.2) is 13.2 Å². The molecule has 0 spiro atoms. The van der Waals surface area contributed by atoms with Gasteiger partial charge in [-0.15, -0.1) is 5.10 Å². The Morgan fingerprint density at radius 3 is 2.65 bits per heavy atom. The standard InChI is InChI=1S/C21H20F3N7/c1-30(2)12-13-7-8-14(11-16(13)23)21(9-4-10-26-19(21)25)20-27-28-29-31(20)17-6-3-5-15(22)18(17)24/h3-11,19H,12,25H2,1-2H3. The Labute approximate surface area is 176 Å². The van der Waals surface area contributed by atoms with E-state index in [-0.39, 0.29) is 11.5 Å². The van der Waals surface area contributed by atoms with Crippen molar-refractivity contribution >= 4 is 6.21 Å². The minimum absolute atomic E-state index is 0.0809. The summed E-state index contributed by atoms with van der Waals surface area (Å²) in [6, 6.07) is 8.40. The summed E-state index contributed by atoms with van der Waals surface area (Å²) in [7, 11) is 3.68. The van der Waals surface area contributed by atoms with Gasteiger partial charge in [0.05, 0.1) is 0 Å². The fourth-order valence-corrected chi connectivity index (χ4v) is 3.69. The molecule has 2 unspecified atom stereocenters. The van der Waals surface area contributed by atoms with Crippen molar-refractivity contribution in [3.05, 3.63) is 83.0 Å². The van der Waals surface area contributed by atoms with Crippen molar-refractivity contribution in [2.75, 3.05) is 14.1 Å². The monoisotopic (exact) mass is 427 g/mol. The summed E-state index contributed by atoms with van der Waals surface area (Å²) in [6.45, 7) is 0.408. The lowest BCUT2D eigenvalue weighted by molar-refractivity contribution is 0.391. The van der Waals surface area contributed by atoms with Crippen molar-refractivity contribution in [3.8, 4) is 5.69 Å². The quantitative estimate of drug-likeness (QED) is 0.676. The average Bonchev–Trinajstić information content (AvgIpc) is 3.22. The van der Waals surface area contributed by atoms with Gasteiger partial charge in [-0.1, -0.05) is 24.3 Å². The third-order valence-corrected chi connectivity index (χ3v) is 5.17. The van der Waals surface area contributed by atoms with Crippen LogP contribution in [0.2, 0.25) is 0 Å². The second-order valence-electron chi connectivity index (χ2n) is 7.50. The molecule has 1 aliphatic rings. The molecule has 0 bridgehead atoms. The molecule has 0 fully saturated rings. The number of benzene rings is 2. The van der Waals surface area contributed by atoms with E-state index in [1.807, 2.05) is 19.0 Å². The maximum atomic E-state index is 14.9. The number of hydrogen-bond acceptors (Lipinski definition) is 6. The number of hydrogen-bond donors (Lipinski definition) is 1. The molecule has 3 aromatic rings. The van der Waals surface area contributed by atoms with Gasteiger partial charge in [-0.3, -0.25) is 4.99 Å². The van der Waals surface area contributed by atoms with Crippen LogP contribution in [0.3, 0.4) is 0 Å². The minimum Gasteiger partial charge on any atom is -0.308 e. The van der Waals surface area contributed by atoms with E-state index in [4.69, 9.17) is 5.73 Å². The maximum absolute atomic E-state index is 14.9. The topological polar surface area (TPSA) is 85.2 Å². The first kappa shape index (κ1) is 20.9. The number of aliphatic imine (C=N–C) groups is 1. The molecule has 1 aliphatic heterocycles. The SMILES string of the molecule is CN(C)Cc1ccc(C2(c3nnnn3-c3cccc(F)c3F)C=CC=NC2N)cc1F. The molecule has 2 heterocycles. The van der Waals surface area contributed by atoms with Gasteiger partial charge in [0.25, 0.3) is 0 Å². The molecule has 7 nitrogen and oxygen atoms in total. The van der Waals surface area contributed by atoms with Crippen LogP contribution in [0, 0.1) is 17.5 Å². The zero-order chi connectivity index (χ0) is 22.2. The maximum Gasteiger partial charge on any atom is 0.184 e. The van der Waals surface area contributed by atoms with Crippen molar-refractivity contribution in [1.29, 1.82) is 0 Å². The Balaban J connectivity index is 1.92. The predicted octanol–water partition coefficient (Wildman–Crippen LogP) is 2.35. The number of dihydropyridines is 1. The lowest BCUT2D eigenvalue weighted by Crippen LogP contribution is -2.47. The number of nitrogens with zero attached hydrogens (tertiary/aromatic N) is 6. The van der Waals surface area contributed by atoms with Crippen molar-refractivity contribution in [3.63, 3.8) is 0 Å². The molecular formula is C21H20F3N7. The van der Waals surface area contributed by atoms with Crippen LogP contribution in [-0.4, -0.2) is 51.6 Å². The van der Waals surface area contributed by atoms with Gasteiger partial charge in [0, 0.05) is 18.3 Å². The Kier molecular flexibility index (Phi) is 5.42. The summed E-state index contributed by atoms with van der Waals surface area (Å²) in [4.78, 5) is 6.09. The molecule has 0 aliphatic carbocycles. The number of allylic oxidation sites excluding steroid dienone is 1. The molecule has 10 heteroatoms. The predicted molar refractivity (Wildman–Crippen MR) is 109 cm³/mol. The first-order valence-electron chi connectivity index (χ1n) is 9.48. The van der Waals surface area contributed by atoms with Gasteiger partial charge in [0.1, 0.15) is 23.1 Å². The average molecular weight is 427 g/mol. The Bertz CT molecular complexity index is 1170. The third kappa shape index (κ3) is 3.53. The minimum atomic E-state index is -1.31. The van der Waals surface area contributed by atoms with Crippen LogP contribution in [0.15, 0.2) is 53.5 Å². The van der Waals surface area contributed by atoms with Crippen LogP contribution in [0.5, 0.6) is 0 Å². The van der Waals surface area contributed by atoms with E-state index >= 15 is 0 Å². The lowest BCUT2D eigenvalue weighted by Gasteiger charge is -2.35. The van der Waals surface area contributed by atoms with Crippen molar-refractivity contribution < 1.29 is 13.2 Å². The van der Waals surface area contributed by atoms with E-state index in [1.165, 1.54) is 24.4 Å². The molecule has 31 heavy (non-hydrogen) atoms. The molecule has 160 valence electrons. The molecule has 2 aromatic carbocycles. The first-order chi connectivity index (χ1) is 14.8. The molecule has 0 saturated carbocycles. The molecule has 0 amide bonds. The van der Waals surface area contributed by atoms with E-state index in [2.05, 4.69) is 20.5 Å². The van der Waals surface area contributed by atoms with E-state index in [0.29, 0.717) is 17.7 Å². The van der Waals surface area contributed by atoms with Crippen molar-refractivity contribution in [2.24, 2.45) is 10.7 Å². The Morgan fingerprint density at radius 2 is 1.94 bits per heavy atom. The van der Waals surface area contributed by atoms with E-state index in [9.17, 15) is 13.2 Å². The summed E-state index contributed by atoms with van der Waals surface area (Å²) in [6.07, 6.45) is 3.90. The van der Waals surface area contributed by atoms with Crippen LogP contribution in [0.4, 0.5) is 13.2 Å². The van der Waals surface area contributed by atoms with E-state index in [0.717, 1.165) is 10.7 Å². The largest absolute Gasteiger partial charge is 0.308 e. The number of rotatable bonds is 5. The fourth-order valence-electron chi connectivity index (χ4n) is 3.69. The molecule has 4 rings (SSSR count). The normalized spacial score (nSPS) is 20.5. The van der Waals surface area contributed by atoms with Crippen LogP contribution >= 0.6 is 0 Å². The van der Waals surface area contributed by atoms with Gasteiger partial charge in [0.2, 0.25) is 0 Å². The second kappa shape index (κ2) is 8.05. The van der Waals surface area contributed by atoms with E-state index < -0.39 is 29.0 Å². The zero-order valence-electron chi connectivity index (χ0n) is 16.9. The summed E-state index contributed by atoms with van der Waals surface area (Å²) in [5.74, 6) is -2.52. The highest BCUT2D eigenvalue weighted by Crippen LogP contribution is 2.39. The molecule has 2 N–H and O–H groups in total. The highest BCUT2D eigenvalue weighted by molar-refractivity contribution is 5.74. The van der Waals surface area contributed by atoms with Crippen LogP contribution in [0.1, 0.15) is 17.0 Å². The number of nitrogens with two attached hydrogens (primary N) is 1. The van der Waals surface area contributed by atoms with Crippen LogP contribution in [0.25, 0.3) is 5.69 Å². The highest BCUT2D eigenvalue weighted by Gasteiger charge is 2.45. The van der Waals surface area contributed by atoms with Crippen molar-refractivity contribution in [1.82, 2.24) is 25.1 Å². The van der Waals surface area contributed by atoms with Crippen molar-refractivity contribution in [2.45, 2.75) is 18.1 Å². The zero-order valence-corrected chi connectivity index (χ0v) is 16.9. The molecule has 2 atom stereocenters. The summed E-state index contributed by atoms with van der Waals surface area (Å²) in [5, 5.41) is 11.6. The van der Waals surface area contributed by atoms with Gasteiger partial charge in [-0.05, 0) is 54.4 Å². The molecular weight excluding hydrogens is 407 g/mol. The highest BCUT2D eigenvalue weighted by atomic mass is 19.2. The Morgan fingerprint density at radius 1 is 1.13 bits per heavy atom. The summed E-state index contributed by atoms with van der Waals surface area (Å²) < 4.78 is 44.4. The Hall–Kier alpha value is -3.37. The smallest absolute Gasteiger partial charge is 0.184 e. The van der Waals surface area contributed by atoms with Gasteiger partial charge in [0.15, 0.2) is 17.5 Å². The van der Waals surface area contributed by atoms with Gasteiger partial charge < -0.3 is 10.6 Å². The molecule has 1 aromatic heterocycles. The first-order valence-corrected chi connectivity index (χ1v) is 9.48. The van der Waals surface area contributed by atoms with Crippen LogP contribution in [-0.2, 0) is 12.0 Å². The van der Waals surface area contributed by atoms with Gasteiger partial charge in [-0.2, -0.15) is 4.68 Å². The molecule has 0 saturated heterocycles. The summed E-state index contributed by atoms with van der Waals surface area (Å²) in [5.41, 5.74) is 5.79. The number of aromatic nitrogens is 4. The molecule has 0 radical (unpaired) electrons. The fraction of sp³-hybridized carbons (Fsp3) is 0.238. The lowest BCUT2D eigenvalue weighted by atomic mass is 9.75. The number of halogens is 3. The summed E-state index contributed by atoms with van der Waals surface area (Å²) >= 11 is 0. The number of tetrazole rings is 1. The van der Waals surface area contributed by atoms with E-state index in [1.54, 1.807) is 24.3 Å².